The van der Waals surface area contributed by atoms with E-state index in [0.29, 0.717) is 11.3 Å². The Balaban J connectivity index is 1.29. The molecule has 0 unspecified atom stereocenters. The van der Waals surface area contributed by atoms with E-state index in [1.807, 2.05) is 12.1 Å². The number of benzene rings is 1. The van der Waals surface area contributed by atoms with Gasteiger partial charge in [-0.15, -0.1) is 0 Å². The van der Waals surface area contributed by atoms with Crippen molar-refractivity contribution < 1.29 is 9.53 Å². The van der Waals surface area contributed by atoms with Crippen LogP contribution in [0.5, 0.6) is 5.75 Å². The first kappa shape index (κ1) is 18.8. The van der Waals surface area contributed by atoms with Gasteiger partial charge in [0.15, 0.2) is 6.61 Å². The molecule has 0 spiro atoms. The summed E-state index contributed by atoms with van der Waals surface area (Å²) in [5.74, 6) is 4.09. The van der Waals surface area contributed by atoms with Crippen LogP contribution in [0.2, 0.25) is 0 Å². The average Bonchev–Trinajstić information content (AvgIpc) is 2.65. The van der Waals surface area contributed by atoms with E-state index in [-0.39, 0.29) is 18.6 Å². The molecule has 4 bridgehead atoms. The summed E-state index contributed by atoms with van der Waals surface area (Å²) in [4.78, 5) is 12.5. The normalized spacial score (nSPS) is 33.5. The van der Waals surface area contributed by atoms with Crippen LogP contribution in [0.25, 0.3) is 0 Å². The highest BCUT2D eigenvalue weighted by Crippen LogP contribution is 2.61. The Hall–Kier alpha value is -1.51. The largest absolute Gasteiger partial charge is 0.484 e. The SMILES string of the molecule is CC[C@H](C)c1ccc(OCC(=O)N[C@H](C)C23CC4CC(CC(C4)C2)C3)cc1. The molecule has 0 aliphatic heterocycles. The molecule has 3 heteroatoms. The van der Waals surface area contributed by atoms with Gasteiger partial charge < -0.3 is 10.1 Å². The number of carbonyl (C=O) groups excluding carboxylic acids is 1. The molecule has 1 aromatic rings. The molecule has 4 aliphatic rings. The number of rotatable bonds is 7. The Bertz CT molecular complexity index is 630. The minimum absolute atomic E-state index is 0.0178. The molecule has 3 nitrogen and oxygen atoms in total. The third kappa shape index (κ3) is 3.88. The summed E-state index contributed by atoms with van der Waals surface area (Å²) in [6.45, 7) is 6.77. The van der Waals surface area contributed by atoms with Crippen LogP contribution in [0.4, 0.5) is 0 Å². The summed E-state index contributed by atoms with van der Waals surface area (Å²) in [5.41, 5.74) is 1.67. The van der Waals surface area contributed by atoms with Crippen molar-refractivity contribution in [3.8, 4) is 5.75 Å². The fourth-order valence-electron chi connectivity index (χ4n) is 6.42. The Morgan fingerprint density at radius 3 is 2.15 bits per heavy atom. The third-order valence-corrected chi connectivity index (χ3v) is 7.81. The molecular weight excluding hydrogens is 334 g/mol. The lowest BCUT2D eigenvalue weighted by Gasteiger charge is -2.59. The van der Waals surface area contributed by atoms with Gasteiger partial charge in [0.2, 0.25) is 0 Å². The van der Waals surface area contributed by atoms with Crippen LogP contribution in [0.3, 0.4) is 0 Å². The van der Waals surface area contributed by atoms with E-state index in [1.165, 1.54) is 44.1 Å². The molecule has 1 amide bonds. The van der Waals surface area contributed by atoms with Crippen molar-refractivity contribution in [2.75, 3.05) is 6.61 Å². The maximum absolute atomic E-state index is 12.5. The van der Waals surface area contributed by atoms with E-state index in [9.17, 15) is 4.79 Å². The van der Waals surface area contributed by atoms with Crippen molar-refractivity contribution in [2.45, 2.75) is 77.7 Å². The molecule has 0 aromatic heterocycles. The van der Waals surface area contributed by atoms with Gasteiger partial charge in [-0.1, -0.05) is 26.0 Å². The highest BCUT2D eigenvalue weighted by atomic mass is 16.5. The van der Waals surface area contributed by atoms with Crippen molar-refractivity contribution >= 4 is 5.91 Å². The molecule has 0 heterocycles. The summed E-state index contributed by atoms with van der Waals surface area (Å²) >= 11 is 0. The van der Waals surface area contributed by atoms with Gasteiger partial charge in [0.05, 0.1) is 0 Å². The highest BCUT2D eigenvalue weighted by Gasteiger charge is 2.53. The standard InChI is InChI=1S/C24H35NO2/c1-4-16(2)21-5-7-22(8-6-21)27-15-23(26)25-17(3)24-12-18-9-19(13-24)11-20(10-18)14-24/h5-8,16-20H,4,9-15H2,1-3H3,(H,25,26)/t16-,17+,18?,19?,20?,24?/m0/s1. The molecule has 1 aromatic carbocycles. The van der Waals surface area contributed by atoms with Crippen molar-refractivity contribution in [3.05, 3.63) is 29.8 Å². The molecule has 0 saturated heterocycles. The lowest BCUT2D eigenvalue weighted by atomic mass is 9.48. The van der Waals surface area contributed by atoms with Crippen LogP contribution < -0.4 is 10.1 Å². The second-order valence-electron chi connectivity index (χ2n) is 9.74. The Morgan fingerprint density at radius 1 is 1.07 bits per heavy atom. The highest BCUT2D eigenvalue weighted by molar-refractivity contribution is 5.77. The Kier molecular flexibility index (Phi) is 5.22. The van der Waals surface area contributed by atoms with Crippen LogP contribution in [0.1, 0.15) is 77.2 Å². The van der Waals surface area contributed by atoms with Gasteiger partial charge in [-0.05, 0) is 98.7 Å². The summed E-state index contributed by atoms with van der Waals surface area (Å²) in [6, 6.07) is 8.45. The van der Waals surface area contributed by atoms with E-state index in [2.05, 4.69) is 38.2 Å². The number of hydrogen-bond acceptors (Lipinski definition) is 2. The predicted molar refractivity (Wildman–Crippen MR) is 109 cm³/mol. The summed E-state index contributed by atoms with van der Waals surface area (Å²) in [7, 11) is 0. The number of nitrogens with one attached hydrogen (secondary N) is 1. The second-order valence-corrected chi connectivity index (χ2v) is 9.74. The zero-order valence-electron chi connectivity index (χ0n) is 17.2. The first-order valence-electron chi connectivity index (χ1n) is 11.0. The van der Waals surface area contributed by atoms with Gasteiger partial charge in [-0.25, -0.2) is 0 Å². The predicted octanol–water partition coefficient (Wildman–Crippen LogP) is 5.30. The van der Waals surface area contributed by atoms with Crippen molar-refractivity contribution in [1.82, 2.24) is 5.32 Å². The lowest BCUT2D eigenvalue weighted by Crippen LogP contribution is -2.56. The molecule has 27 heavy (non-hydrogen) atoms. The molecular formula is C24H35NO2. The lowest BCUT2D eigenvalue weighted by molar-refractivity contribution is -0.127. The molecule has 0 radical (unpaired) electrons. The Morgan fingerprint density at radius 2 is 1.63 bits per heavy atom. The summed E-state index contributed by atoms with van der Waals surface area (Å²) in [6.07, 6.45) is 9.40. The van der Waals surface area contributed by atoms with Crippen LogP contribution in [0.15, 0.2) is 24.3 Å². The van der Waals surface area contributed by atoms with Crippen molar-refractivity contribution in [2.24, 2.45) is 23.2 Å². The van der Waals surface area contributed by atoms with Crippen LogP contribution >= 0.6 is 0 Å². The van der Waals surface area contributed by atoms with Gasteiger partial charge in [0.1, 0.15) is 5.75 Å². The number of carbonyl (C=O) groups is 1. The van der Waals surface area contributed by atoms with E-state index in [1.54, 1.807) is 0 Å². The minimum atomic E-state index is 0.0178. The van der Waals surface area contributed by atoms with Crippen molar-refractivity contribution in [1.29, 1.82) is 0 Å². The molecule has 5 rings (SSSR count). The fourth-order valence-corrected chi connectivity index (χ4v) is 6.42. The topological polar surface area (TPSA) is 38.3 Å². The maximum atomic E-state index is 12.5. The summed E-state index contributed by atoms with van der Waals surface area (Å²) in [5, 5.41) is 3.28. The smallest absolute Gasteiger partial charge is 0.258 e. The van der Waals surface area contributed by atoms with Gasteiger partial charge in [-0.2, -0.15) is 0 Å². The minimum Gasteiger partial charge on any atom is -0.484 e. The number of amides is 1. The molecule has 4 saturated carbocycles. The van der Waals surface area contributed by atoms with Crippen LogP contribution in [0, 0.1) is 23.2 Å². The van der Waals surface area contributed by atoms with Crippen molar-refractivity contribution in [3.63, 3.8) is 0 Å². The average molecular weight is 370 g/mol. The second kappa shape index (κ2) is 7.48. The van der Waals surface area contributed by atoms with Gasteiger partial charge in [0, 0.05) is 6.04 Å². The zero-order chi connectivity index (χ0) is 19.0. The van der Waals surface area contributed by atoms with Crippen LogP contribution in [-0.2, 0) is 4.79 Å². The number of ether oxygens (including phenoxy) is 1. The first-order chi connectivity index (χ1) is 13.0. The molecule has 4 aliphatic carbocycles. The monoisotopic (exact) mass is 369 g/mol. The molecule has 148 valence electrons. The molecule has 2 atom stereocenters. The maximum Gasteiger partial charge on any atom is 0.258 e. The first-order valence-corrected chi connectivity index (χ1v) is 11.0. The molecule has 4 fully saturated rings. The van der Waals surface area contributed by atoms with Gasteiger partial charge >= 0.3 is 0 Å². The van der Waals surface area contributed by atoms with Gasteiger partial charge in [0.25, 0.3) is 5.91 Å². The van der Waals surface area contributed by atoms with E-state index in [0.717, 1.165) is 29.9 Å². The quantitative estimate of drug-likeness (QED) is 0.708. The summed E-state index contributed by atoms with van der Waals surface area (Å²) < 4.78 is 5.74. The van der Waals surface area contributed by atoms with Crippen LogP contribution in [-0.4, -0.2) is 18.6 Å². The number of hydrogen-bond donors (Lipinski definition) is 1. The van der Waals surface area contributed by atoms with E-state index in [4.69, 9.17) is 4.74 Å². The van der Waals surface area contributed by atoms with Gasteiger partial charge in [-0.3, -0.25) is 4.79 Å². The van der Waals surface area contributed by atoms with E-state index < -0.39 is 0 Å². The Labute approximate surface area is 164 Å². The fraction of sp³-hybridized carbons (Fsp3) is 0.708. The molecule has 1 N–H and O–H groups in total. The zero-order valence-corrected chi connectivity index (χ0v) is 17.2. The third-order valence-electron chi connectivity index (χ3n) is 7.81. The van der Waals surface area contributed by atoms with E-state index >= 15 is 0 Å².